The molecular weight excluding hydrogens is 573 g/mol. The van der Waals surface area contributed by atoms with Crippen molar-refractivity contribution in [2.24, 2.45) is 5.92 Å². The summed E-state index contributed by atoms with van der Waals surface area (Å²) in [7, 11) is 1.56. The third-order valence-electron chi connectivity index (χ3n) is 8.24. The molecule has 0 radical (unpaired) electrons. The van der Waals surface area contributed by atoms with E-state index in [4.69, 9.17) is 4.74 Å². The van der Waals surface area contributed by atoms with Gasteiger partial charge in [-0.1, -0.05) is 48.0 Å². The lowest BCUT2D eigenvalue weighted by atomic mass is 9.82. The Balaban J connectivity index is 1.30. The minimum absolute atomic E-state index is 0.0725. The molecule has 44 heavy (non-hydrogen) atoms. The van der Waals surface area contributed by atoms with Crippen LogP contribution in [0.25, 0.3) is 0 Å². The number of carbonyl (C=O) groups is 3. The average molecular weight is 609 g/mol. The summed E-state index contributed by atoms with van der Waals surface area (Å²) in [5, 5.41) is 2.38. The minimum Gasteiger partial charge on any atom is -0.496 e. The third-order valence-corrected chi connectivity index (χ3v) is 8.24. The van der Waals surface area contributed by atoms with E-state index in [1.807, 2.05) is 60.4 Å². The van der Waals surface area contributed by atoms with Crippen molar-refractivity contribution in [2.75, 3.05) is 50.1 Å². The molecule has 0 aromatic heterocycles. The monoisotopic (exact) mass is 608 g/mol. The number of halogens is 3. The first kappa shape index (κ1) is 31.1. The van der Waals surface area contributed by atoms with Gasteiger partial charge in [0, 0.05) is 43.9 Å². The molecule has 0 bridgehead atoms. The molecule has 11 heteroatoms. The molecule has 2 unspecified atom stereocenters. The molecule has 2 aliphatic rings. The SMILES string of the molecule is COc1ccccc1C1C(C(=O)N2CCN(CC(=O)Nc3ccccc3C(F)(F)F)CC2)CCC(=O)N1c1ccc(C)cc1. The topological polar surface area (TPSA) is 82.2 Å². The summed E-state index contributed by atoms with van der Waals surface area (Å²) < 4.78 is 45.7. The molecule has 3 aromatic carbocycles. The zero-order valence-electron chi connectivity index (χ0n) is 24.6. The van der Waals surface area contributed by atoms with Gasteiger partial charge in [-0.15, -0.1) is 0 Å². The molecule has 0 spiro atoms. The highest BCUT2D eigenvalue weighted by Crippen LogP contribution is 2.44. The number of ether oxygens (including phenoxy) is 1. The van der Waals surface area contributed by atoms with Gasteiger partial charge < -0.3 is 19.9 Å². The van der Waals surface area contributed by atoms with Crippen molar-refractivity contribution in [1.82, 2.24) is 9.80 Å². The second kappa shape index (κ2) is 13.1. The molecule has 2 aliphatic heterocycles. The number of amides is 3. The van der Waals surface area contributed by atoms with Gasteiger partial charge in [0.15, 0.2) is 0 Å². The Kier molecular flexibility index (Phi) is 9.24. The molecular formula is C33H35F3N4O4. The summed E-state index contributed by atoms with van der Waals surface area (Å²) in [6.45, 7) is 3.32. The van der Waals surface area contributed by atoms with Gasteiger partial charge in [0.1, 0.15) is 5.75 Å². The molecule has 5 rings (SSSR count). The van der Waals surface area contributed by atoms with Crippen molar-refractivity contribution in [3.63, 3.8) is 0 Å². The molecule has 0 saturated carbocycles. The number of rotatable bonds is 7. The van der Waals surface area contributed by atoms with Crippen LogP contribution in [0.1, 0.15) is 35.6 Å². The van der Waals surface area contributed by atoms with Crippen molar-refractivity contribution >= 4 is 29.1 Å². The number of piperazine rings is 1. The molecule has 2 fully saturated rings. The minimum atomic E-state index is -4.59. The van der Waals surface area contributed by atoms with Crippen molar-refractivity contribution in [2.45, 2.75) is 32.0 Å². The Morgan fingerprint density at radius 3 is 2.27 bits per heavy atom. The summed E-state index contributed by atoms with van der Waals surface area (Å²) in [6, 6.07) is 19.3. The first-order valence-corrected chi connectivity index (χ1v) is 14.6. The molecule has 2 heterocycles. The number of piperidine rings is 1. The molecule has 2 saturated heterocycles. The molecule has 232 valence electrons. The maximum Gasteiger partial charge on any atom is 0.418 e. The van der Waals surface area contributed by atoms with E-state index in [9.17, 15) is 27.6 Å². The molecule has 3 amide bonds. The lowest BCUT2D eigenvalue weighted by molar-refractivity contribution is -0.140. The average Bonchev–Trinajstić information content (AvgIpc) is 3.01. The highest BCUT2D eigenvalue weighted by atomic mass is 19.4. The fraction of sp³-hybridized carbons (Fsp3) is 0.364. The number of carbonyl (C=O) groups excluding carboxylic acids is 3. The second-order valence-electron chi connectivity index (χ2n) is 11.1. The number of anilines is 2. The number of nitrogens with one attached hydrogen (secondary N) is 1. The number of nitrogens with zero attached hydrogens (tertiary/aromatic N) is 3. The predicted octanol–water partition coefficient (Wildman–Crippen LogP) is 5.29. The summed E-state index contributed by atoms with van der Waals surface area (Å²) in [6.07, 6.45) is -3.99. The Morgan fingerprint density at radius 2 is 1.59 bits per heavy atom. The fourth-order valence-corrected chi connectivity index (χ4v) is 6.02. The van der Waals surface area contributed by atoms with E-state index >= 15 is 0 Å². The van der Waals surface area contributed by atoms with Crippen LogP contribution in [0.5, 0.6) is 5.75 Å². The lowest BCUT2D eigenvalue weighted by Gasteiger charge is -2.44. The number of aryl methyl sites for hydroxylation is 1. The van der Waals surface area contributed by atoms with Gasteiger partial charge in [-0.2, -0.15) is 13.2 Å². The summed E-state index contributed by atoms with van der Waals surface area (Å²) in [4.78, 5) is 45.5. The van der Waals surface area contributed by atoms with Crippen molar-refractivity contribution < 1.29 is 32.3 Å². The molecule has 0 aliphatic carbocycles. The van der Waals surface area contributed by atoms with E-state index in [-0.39, 0.29) is 30.5 Å². The molecule has 3 aromatic rings. The first-order chi connectivity index (χ1) is 21.1. The van der Waals surface area contributed by atoms with Crippen LogP contribution in [0, 0.1) is 12.8 Å². The smallest absolute Gasteiger partial charge is 0.418 e. The summed E-state index contributed by atoms with van der Waals surface area (Å²) >= 11 is 0. The van der Waals surface area contributed by atoms with E-state index in [0.717, 1.165) is 17.2 Å². The Morgan fingerprint density at radius 1 is 0.932 bits per heavy atom. The number of hydrogen-bond acceptors (Lipinski definition) is 5. The van der Waals surface area contributed by atoms with Crippen LogP contribution in [0.4, 0.5) is 24.5 Å². The van der Waals surface area contributed by atoms with Gasteiger partial charge in [-0.05, 0) is 43.7 Å². The molecule has 8 nitrogen and oxygen atoms in total. The van der Waals surface area contributed by atoms with Gasteiger partial charge in [-0.3, -0.25) is 19.3 Å². The van der Waals surface area contributed by atoms with E-state index in [1.54, 1.807) is 16.9 Å². The van der Waals surface area contributed by atoms with Gasteiger partial charge in [0.25, 0.3) is 0 Å². The third kappa shape index (κ3) is 6.72. The van der Waals surface area contributed by atoms with E-state index < -0.39 is 29.6 Å². The summed E-state index contributed by atoms with van der Waals surface area (Å²) in [5.74, 6) is -0.660. The largest absolute Gasteiger partial charge is 0.496 e. The van der Waals surface area contributed by atoms with Crippen molar-refractivity contribution in [1.29, 1.82) is 0 Å². The normalized spacial score (nSPS) is 19.5. The van der Waals surface area contributed by atoms with Crippen LogP contribution in [0.15, 0.2) is 72.8 Å². The maximum atomic E-state index is 14.1. The highest BCUT2D eigenvalue weighted by Gasteiger charge is 2.44. The van der Waals surface area contributed by atoms with Crippen LogP contribution in [0.3, 0.4) is 0 Å². The zero-order chi connectivity index (χ0) is 31.4. The first-order valence-electron chi connectivity index (χ1n) is 14.6. The van der Waals surface area contributed by atoms with Crippen LogP contribution in [-0.2, 0) is 20.6 Å². The maximum absolute atomic E-state index is 14.1. The van der Waals surface area contributed by atoms with Gasteiger partial charge in [0.05, 0.1) is 36.9 Å². The number of methoxy groups -OCH3 is 1. The number of benzene rings is 3. The highest BCUT2D eigenvalue weighted by molar-refractivity contribution is 5.98. The van der Waals surface area contributed by atoms with Crippen LogP contribution in [0.2, 0.25) is 0 Å². The van der Waals surface area contributed by atoms with E-state index in [2.05, 4.69) is 5.32 Å². The Labute approximate surface area is 254 Å². The number of alkyl halides is 3. The van der Waals surface area contributed by atoms with Gasteiger partial charge in [-0.25, -0.2) is 0 Å². The van der Waals surface area contributed by atoms with Crippen LogP contribution >= 0.6 is 0 Å². The number of hydrogen-bond donors (Lipinski definition) is 1. The Bertz CT molecular complexity index is 1500. The van der Waals surface area contributed by atoms with Gasteiger partial charge in [0.2, 0.25) is 17.7 Å². The zero-order valence-corrected chi connectivity index (χ0v) is 24.6. The van der Waals surface area contributed by atoms with E-state index in [0.29, 0.717) is 44.0 Å². The fourth-order valence-electron chi connectivity index (χ4n) is 6.02. The molecule has 1 N–H and O–H groups in total. The Hall–Kier alpha value is -4.38. The number of para-hydroxylation sites is 2. The standard InChI is InChI=1S/C33H35F3N4O4/c1-22-11-13-23(14-12-22)40-30(42)16-15-25(31(40)24-7-3-6-10-28(24)44-2)32(43)39-19-17-38(18-20-39)21-29(41)37-27-9-5-4-8-26(27)33(34,35)36/h3-14,25,31H,15-21H2,1-2H3,(H,37,41). The van der Waals surface area contributed by atoms with Crippen LogP contribution < -0.4 is 15.0 Å². The van der Waals surface area contributed by atoms with Crippen molar-refractivity contribution in [3.8, 4) is 5.75 Å². The quantitative estimate of drug-likeness (QED) is 0.394. The van der Waals surface area contributed by atoms with Gasteiger partial charge >= 0.3 is 6.18 Å². The lowest BCUT2D eigenvalue weighted by Crippen LogP contribution is -2.55. The second-order valence-corrected chi connectivity index (χ2v) is 11.1. The van der Waals surface area contributed by atoms with Crippen molar-refractivity contribution in [3.05, 3.63) is 89.5 Å². The molecule has 2 atom stereocenters. The van der Waals surface area contributed by atoms with E-state index in [1.165, 1.54) is 18.2 Å². The predicted molar refractivity (Wildman–Crippen MR) is 160 cm³/mol. The van der Waals surface area contributed by atoms with Crippen LogP contribution in [-0.4, -0.2) is 67.4 Å². The summed E-state index contributed by atoms with van der Waals surface area (Å²) in [5.41, 5.74) is 1.31.